The van der Waals surface area contributed by atoms with Crippen molar-refractivity contribution in [1.29, 1.82) is 0 Å². The third kappa shape index (κ3) is 3.72. The van der Waals surface area contributed by atoms with Gasteiger partial charge >= 0.3 is 0 Å². The van der Waals surface area contributed by atoms with Gasteiger partial charge in [0.1, 0.15) is 0 Å². The van der Waals surface area contributed by atoms with Crippen LogP contribution in [0.2, 0.25) is 0 Å². The number of hydrogen-bond acceptors (Lipinski definition) is 2. The topological polar surface area (TPSA) is 8.17 Å². The molecule has 2 nitrogen and oxygen atoms in total. The van der Waals surface area contributed by atoms with Gasteiger partial charge in [0.2, 0.25) is 0 Å². The number of nitrogens with zero attached hydrogens (tertiary/aromatic N) is 2. The minimum absolute atomic E-state index is 1.14. The SMILES string of the molecule is c1ccc(N(c2ccc3ccccc3c2)c2cccc3c2sc2cccc(-n4c5ccccc5c5ccccc54)c23)cc1. The summed E-state index contributed by atoms with van der Waals surface area (Å²) >= 11 is 1.88. The van der Waals surface area contributed by atoms with Crippen molar-refractivity contribution < 1.29 is 0 Å². The van der Waals surface area contributed by atoms with Crippen LogP contribution in [0.25, 0.3) is 58.4 Å². The molecule has 0 radical (unpaired) electrons. The maximum absolute atomic E-state index is 2.45. The van der Waals surface area contributed by atoms with Gasteiger partial charge in [-0.1, -0.05) is 103 Å². The van der Waals surface area contributed by atoms with Gasteiger partial charge in [0.05, 0.1) is 27.1 Å². The van der Waals surface area contributed by atoms with Crippen LogP contribution in [0.5, 0.6) is 0 Å². The molecule has 0 N–H and O–H groups in total. The summed E-state index contributed by atoms with van der Waals surface area (Å²) in [5, 5.41) is 7.61. The van der Waals surface area contributed by atoms with E-state index in [4.69, 9.17) is 0 Å². The van der Waals surface area contributed by atoms with Crippen LogP contribution < -0.4 is 4.90 Å². The Morgan fingerprint density at radius 1 is 0.465 bits per heavy atom. The van der Waals surface area contributed by atoms with Crippen molar-refractivity contribution in [3.05, 3.63) is 158 Å². The van der Waals surface area contributed by atoms with Crippen molar-refractivity contribution >= 4 is 81.1 Å². The van der Waals surface area contributed by atoms with Crippen LogP contribution in [0, 0.1) is 0 Å². The van der Waals surface area contributed by atoms with E-state index in [0.717, 1.165) is 11.4 Å². The summed E-state index contributed by atoms with van der Waals surface area (Å²) in [4.78, 5) is 2.41. The molecular weight excluding hydrogens is 541 g/mol. The van der Waals surface area contributed by atoms with Crippen molar-refractivity contribution in [2.75, 3.05) is 4.90 Å². The highest BCUT2D eigenvalue weighted by Gasteiger charge is 2.21. The molecule has 0 aliphatic carbocycles. The van der Waals surface area contributed by atoms with E-state index in [1.807, 2.05) is 11.3 Å². The molecule has 9 rings (SSSR count). The second-order valence-electron chi connectivity index (χ2n) is 11.0. The molecule has 7 aromatic carbocycles. The minimum Gasteiger partial charge on any atom is -0.309 e. The van der Waals surface area contributed by atoms with Crippen LogP contribution in [0.15, 0.2) is 158 Å². The molecule has 0 fully saturated rings. The second-order valence-corrected chi connectivity index (χ2v) is 12.0. The standard InChI is InChI=1S/C40H26N2S/c1-2-14-29(15-3-1)41(30-25-24-27-12-4-5-13-28(27)26-30)37-22-10-18-33-39-36(21-11-23-38(39)43-40(33)37)42-34-19-8-6-16-31(34)32-17-7-9-20-35(32)42/h1-26H. The van der Waals surface area contributed by atoms with Gasteiger partial charge in [-0.25, -0.2) is 0 Å². The molecular formula is C40H26N2S. The lowest BCUT2D eigenvalue weighted by molar-refractivity contribution is 1.20. The molecule has 0 aliphatic rings. The van der Waals surface area contributed by atoms with E-state index in [1.165, 1.54) is 64.1 Å². The Balaban J connectivity index is 1.34. The molecule has 0 amide bonds. The Bertz CT molecular complexity index is 2410. The molecule has 9 aromatic rings. The third-order valence-corrected chi connectivity index (χ3v) is 9.74. The fourth-order valence-electron chi connectivity index (χ4n) is 6.68. The first-order valence-electron chi connectivity index (χ1n) is 14.6. The van der Waals surface area contributed by atoms with Gasteiger partial charge in [0.15, 0.2) is 0 Å². The number of rotatable bonds is 4. The first-order chi connectivity index (χ1) is 21.3. The van der Waals surface area contributed by atoms with E-state index >= 15 is 0 Å². The fourth-order valence-corrected chi connectivity index (χ4v) is 7.91. The van der Waals surface area contributed by atoms with Crippen LogP contribution in [0.4, 0.5) is 17.1 Å². The number of fused-ring (bicyclic) bond motifs is 7. The zero-order chi connectivity index (χ0) is 28.3. The molecule has 0 atom stereocenters. The smallest absolute Gasteiger partial charge is 0.0640 e. The van der Waals surface area contributed by atoms with Crippen molar-refractivity contribution in [1.82, 2.24) is 4.57 Å². The fraction of sp³-hybridized carbons (Fsp3) is 0. The average molecular weight is 567 g/mol. The Kier molecular flexibility index (Phi) is 5.40. The van der Waals surface area contributed by atoms with Gasteiger partial charge in [-0.2, -0.15) is 0 Å². The number of para-hydroxylation sites is 3. The van der Waals surface area contributed by atoms with E-state index in [1.54, 1.807) is 0 Å². The quantitative estimate of drug-likeness (QED) is 0.206. The lowest BCUT2D eigenvalue weighted by atomic mass is 10.1. The monoisotopic (exact) mass is 566 g/mol. The second kappa shape index (κ2) is 9.59. The summed E-state index contributed by atoms with van der Waals surface area (Å²) in [6.07, 6.45) is 0. The number of thiophene rings is 1. The van der Waals surface area contributed by atoms with Crippen molar-refractivity contribution in [3.8, 4) is 5.69 Å². The molecule has 3 heteroatoms. The van der Waals surface area contributed by atoms with Crippen LogP contribution in [0.1, 0.15) is 0 Å². The summed E-state index contributed by atoms with van der Waals surface area (Å²) in [5.41, 5.74) is 7.16. The van der Waals surface area contributed by atoms with Crippen molar-refractivity contribution in [2.45, 2.75) is 0 Å². The molecule has 0 unspecified atom stereocenters. The normalized spacial score (nSPS) is 11.7. The molecule has 43 heavy (non-hydrogen) atoms. The zero-order valence-corrected chi connectivity index (χ0v) is 24.1. The highest BCUT2D eigenvalue weighted by molar-refractivity contribution is 7.26. The highest BCUT2D eigenvalue weighted by atomic mass is 32.1. The summed E-state index contributed by atoms with van der Waals surface area (Å²) < 4.78 is 5.01. The summed E-state index contributed by atoms with van der Waals surface area (Å²) in [6, 6.07) is 57.1. The number of hydrogen-bond donors (Lipinski definition) is 0. The molecule has 0 saturated carbocycles. The molecule has 202 valence electrons. The van der Waals surface area contributed by atoms with Crippen LogP contribution >= 0.6 is 11.3 Å². The van der Waals surface area contributed by atoms with Crippen LogP contribution in [-0.2, 0) is 0 Å². The van der Waals surface area contributed by atoms with E-state index in [2.05, 4.69) is 167 Å². The Morgan fingerprint density at radius 2 is 1.12 bits per heavy atom. The van der Waals surface area contributed by atoms with Gasteiger partial charge in [-0.15, -0.1) is 11.3 Å². The predicted molar refractivity (Wildman–Crippen MR) is 186 cm³/mol. The minimum atomic E-state index is 1.14. The van der Waals surface area contributed by atoms with Gasteiger partial charge in [0, 0.05) is 37.6 Å². The summed E-state index contributed by atoms with van der Waals surface area (Å²) in [6.45, 7) is 0. The van der Waals surface area contributed by atoms with E-state index in [-0.39, 0.29) is 0 Å². The van der Waals surface area contributed by atoms with Gasteiger partial charge in [0.25, 0.3) is 0 Å². The summed E-state index contributed by atoms with van der Waals surface area (Å²) in [7, 11) is 0. The molecule has 2 aromatic heterocycles. The number of anilines is 3. The van der Waals surface area contributed by atoms with Gasteiger partial charge in [-0.3, -0.25) is 0 Å². The maximum Gasteiger partial charge on any atom is 0.0640 e. The maximum atomic E-state index is 2.45. The van der Waals surface area contributed by atoms with E-state index in [9.17, 15) is 0 Å². The lowest BCUT2D eigenvalue weighted by Gasteiger charge is -2.26. The van der Waals surface area contributed by atoms with E-state index in [0.29, 0.717) is 0 Å². The molecule has 0 aliphatic heterocycles. The first kappa shape index (κ1) is 24.2. The van der Waals surface area contributed by atoms with Crippen LogP contribution in [-0.4, -0.2) is 4.57 Å². The molecule has 0 spiro atoms. The highest BCUT2D eigenvalue weighted by Crippen LogP contribution is 2.47. The largest absolute Gasteiger partial charge is 0.309 e. The number of aromatic nitrogens is 1. The first-order valence-corrected chi connectivity index (χ1v) is 15.4. The lowest BCUT2D eigenvalue weighted by Crippen LogP contribution is -2.09. The molecule has 2 heterocycles. The van der Waals surface area contributed by atoms with E-state index < -0.39 is 0 Å². The third-order valence-electron chi connectivity index (χ3n) is 8.55. The van der Waals surface area contributed by atoms with Gasteiger partial charge in [-0.05, 0) is 65.4 Å². The van der Waals surface area contributed by atoms with Crippen molar-refractivity contribution in [3.63, 3.8) is 0 Å². The summed E-state index contributed by atoms with van der Waals surface area (Å²) in [5.74, 6) is 0. The average Bonchev–Trinajstić information content (AvgIpc) is 3.62. The molecule has 0 bridgehead atoms. The van der Waals surface area contributed by atoms with Crippen LogP contribution in [0.3, 0.4) is 0 Å². The van der Waals surface area contributed by atoms with Gasteiger partial charge < -0.3 is 9.47 Å². The Hall–Kier alpha value is -5.38. The van der Waals surface area contributed by atoms with Crippen molar-refractivity contribution in [2.24, 2.45) is 0 Å². The Morgan fingerprint density at radius 3 is 1.91 bits per heavy atom. The predicted octanol–water partition coefficient (Wildman–Crippen LogP) is 11.8. The molecule has 0 saturated heterocycles. The Labute approximate surface area is 253 Å². The zero-order valence-electron chi connectivity index (χ0n) is 23.3. The number of benzene rings is 7.